The molecule has 0 amide bonds. The van der Waals surface area contributed by atoms with Crippen LogP contribution in [0.3, 0.4) is 0 Å². The van der Waals surface area contributed by atoms with Crippen LogP contribution in [0.2, 0.25) is 0 Å². The van der Waals surface area contributed by atoms with Crippen LogP contribution >= 0.6 is 0 Å². The number of rotatable bonds is 5. The second-order valence-corrected chi connectivity index (χ2v) is 5.44. The minimum absolute atomic E-state index is 0.00712. The average molecular weight is 308 g/mol. The van der Waals surface area contributed by atoms with Crippen molar-refractivity contribution in [2.45, 2.75) is 45.2 Å². The summed E-state index contributed by atoms with van der Waals surface area (Å²) in [6, 6.07) is 6.64. The molecule has 1 saturated heterocycles. The van der Waals surface area contributed by atoms with E-state index >= 15 is 0 Å². The summed E-state index contributed by atoms with van der Waals surface area (Å²) in [5, 5.41) is 4.21. The van der Waals surface area contributed by atoms with Gasteiger partial charge in [-0.2, -0.15) is 0 Å². The fraction of sp³-hybridized carbons (Fsp3) is 0.529. The van der Waals surface area contributed by atoms with Crippen molar-refractivity contribution in [1.82, 2.24) is 10.0 Å². The molecule has 0 N–H and O–H groups in total. The summed E-state index contributed by atoms with van der Waals surface area (Å²) in [6.07, 6.45) is 3.73. The Morgan fingerprint density at radius 1 is 1.41 bits per heavy atom. The Hall–Kier alpha value is -1.59. The third-order valence-electron chi connectivity index (χ3n) is 3.93. The van der Waals surface area contributed by atoms with Gasteiger partial charge in [-0.05, 0) is 30.5 Å². The van der Waals surface area contributed by atoms with Crippen molar-refractivity contribution in [2.75, 3.05) is 13.6 Å². The van der Waals surface area contributed by atoms with Crippen molar-refractivity contribution in [3.63, 3.8) is 0 Å². The SMILES string of the molecule is C=O.CCC(=O)C1CCCCN1N(C)Cc1cccc(F)c1. The van der Waals surface area contributed by atoms with Gasteiger partial charge in [-0.3, -0.25) is 4.79 Å². The molecule has 1 unspecified atom stereocenters. The molecule has 0 radical (unpaired) electrons. The highest BCUT2D eigenvalue weighted by Crippen LogP contribution is 2.21. The number of carbonyl (C=O) groups excluding carboxylic acids is 2. The first-order chi connectivity index (χ1) is 10.6. The molecule has 4 nitrogen and oxygen atoms in total. The first-order valence-corrected chi connectivity index (χ1v) is 7.65. The first kappa shape index (κ1) is 18.5. The predicted molar refractivity (Wildman–Crippen MR) is 84.6 cm³/mol. The number of halogens is 1. The molecule has 1 heterocycles. The molecule has 0 aromatic heterocycles. The summed E-state index contributed by atoms with van der Waals surface area (Å²) in [4.78, 5) is 20.1. The van der Waals surface area contributed by atoms with Gasteiger partial charge < -0.3 is 4.79 Å². The monoisotopic (exact) mass is 308 g/mol. The molecule has 1 atom stereocenters. The number of nitrogens with zero attached hydrogens (tertiary/aromatic N) is 2. The van der Waals surface area contributed by atoms with Crippen LogP contribution in [0.1, 0.15) is 38.2 Å². The zero-order chi connectivity index (χ0) is 16.5. The third-order valence-corrected chi connectivity index (χ3v) is 3.93. The maximum Gasteiger partial charge on any atom is 0.151 e. The molecule has 5 heteroatoms. The van der Waals surface area contributed by atoms with Crippen molar-refractivity contribution in [2.24, 2.45) is 0 Å². The molecular weight excluding hydrogens is 283 g/mol. The van der Waals surface area contributed by atoms with E-state index in [4.69, 9.17) is 4.79 Å². The van der Waals surface area contributed by atoms with E-state index in [0.717, 1.165) is 31.4 Å². The van der Waals surface area contributed by atoms with E-state index in [2.05, 4.69) is 10.0 Å². The van der Waals surface area contributed by atoms with Gasteiger partial charge >= 0.3 is 0 Å². The van der Waals surface area contributed by atoms with Crippen LogP contribution < -0.4 is 0 Å². The number of hydrogen-bond acceptors (Lipinski definition) is 4. The van der Waals surface area contributed by atoms with Crippen LogP contribution in [0.5, 0.6) is 0 Å². The van der Waals surface area contributed by atoms with E-state index in [-0.39, 0.29) is 11.9 Å². The van der Waals surface area contributed by atoms with Gasteiger partial charge in [-0.15, -0.1) is 0 Å². The summed E-state index contributed by atoms with van der Waals surface area (Å²) < 4.78 is 13.2. The van der Waals surface area contributed by atoms with Crippen molar-refractivity contribution in [3.8, 4) is 0 Å². The zero-order valence-electron chi connectivity index (χ0n) is 13.4. The molecule has 1 fully saturated rings. The Bertz CT molecular complexity index is 481. The second kappa shape index (κ2) is 9.43. The molecule has 0 spiro atoms. The summed E-state index contributed by atoms with van der Waals surface area (Å²) in [5.74, 6) is 0.0894. The minimum Gasteiger partial charge on any atom is -0.307 e. The highest BCUT2D eigenvalue weighted by Gasteiger charge is 2.29. The number of carbonyl (C=O) groups is 2. The lowest BCUT2D eigenvalue weighted by molar-refractivity contribution is -0.136. The first-order valence-electron chi connectivity index (χ1n) is 7.65. The topological polar surface area (TPSA) is 40.6 Å². The van der Waals surface area contributed by atoms with E-state index in [1.54, 1.807) is 12.1 Å². The Morgan fingerprint density at radius 2 is 2.14 bits per heavy atom. The van der Waals surface area contributed by atoms with Gasteiger partial charge in [0.05, 0.1) is 6.04 Å². The number of ketones is 1. The van der Waals surface area contributed by atoms with Crippen molar-refractivity contribution in [3.05, 3.63) is 35.6 Å². The van der Waals surface area contributed by atoms with Crippen LogP contribution in [-0.4, -0.2) is 42.2 Å². The van der Waals surface area contributed by atoms with Gasteiger partial charge in [0.15, 0.2) is 5.78 Å². The fourth-order valence-corrected chi connectivity index (χ4v) is 2.88. The molecule has 22 heavy (non-hydrogen) atoms. The van der Waals surface area contributed by atoms with Crippen LogP contribution in [0.15, 0.2) is 24.3 Å². The Labute approximate surface area is 131 Å². The van der Waals surface area contributed by atoms with E-state index in [1.165, 1.54) is 6.07 Å². The number of piperidine rings is 1. The van der Waals surface area contributed by atoms with E-state index in [0.29, 0.717) is 18.7 Å². The van der Waals surface area contributed by atoms with Crippen LogP contribution in [0.4, 0.5) is 4.39 Å². The highest BCUT2D eigenvalue weighted by molar-refractivity contribution is 5.83. The van der Waals surface area contributed by atoms with Gasteiger partial charge in [0, 0.05) is 26.6 Å². The standard InChI is InChI=1S/C16H23FN2O.CH2O/c1-3-16(20)15-9-4-5-10-19(15)18(2)12-13-7-6-8-14(17)11-13;1-2/h6-8,11,15H,3-5,9-10,12H2,1-2H3;1H2. The molecule has 1 aliphatic heterocycles. The van der Waals surface area contributed by atoms with E-state index < -0.39 is 0 Å². The normalized spacial score (nSPS) is 18.6. The van der Waals surface area contributed by atoms with Crippen molar-refractivity contribution >= 4 is 12.6 Å². The lowest BCUT2D eigenvalue weighted by Gasteiger charge is -2.40. The predicted octanol–water partition coefficient (Wildman–Crippen LogP) is 2.82. The number of hydrogen-bond donors (Lipinski definition) is 0. The van der Waals surface area contributed by atoms with Gasteiger partial charge in [0.25, 0.3) is 0 Å². The van der Waals surface area contributed by atoms with Crippen LogP contribution in [-0.2, 0) is 16.1 Å². The van der Waals surface area contributed by atoms with Gasteiger partial charge in [0.1, 0.15) is 12.6 Å². The number of hydrazine groups is 1. The lowest BCUT2D eigenvalue weighted by Crippen LogP contribution is -2.52. The molecule has 1 aromatic carbocycles. The Morgan fingerprint density at radius 3 is 2.77 bits per heavy atom. The van der Waals surface area contributed by atoms with Crippen molar-refractivity contribution < 1.29 is 14.0 Å². The smallest absolute Gasteiger partial charge is 0.151 e. The molecular formula is C17H25FN2O2. The summed E-state index contributed by atoms with van der Waals surface area (Å²) in [7, 11) is 1.98. The lowest BCUT2D eigenvalue weighted by atomic mass is 9.99. The fourth-order valence-electron chi connectivity index (χ4n) is 2.88. The van der Waals surface area contributed by atoms with E-state index in [9.17, 15) is 9.18 Å². The maximum atomic E-state index is 13.2. The summed E-state index contributed by atoms with van der Waals surface area (Å²) in [6.45, 7) is 5.45. The number of benzene rings is 1. The average Bonchev–Trinajstić information content (AvgIpc) is 2.56. The molecule has 0 saturated carbocycles. The van der Waals surface area contributed by atoms with Gasteiger partial charge in [-0.1, -0.05) is 25.5 Å². The zero-order valence-corrected chi connectivity index (χ0v) is 13.4. The molecule has 1 aliphatic rings. The maximum absolute atomic E-state index is 13.2. The number of Topliss-reactive ketones (excluding diaryl/α,β-unsaturated/α-hetero) is 1. The molecule has 0 bridgehead atoms. The van der Waals surface area contributed by atoms with E-state index in [1.807, 2.05) is 26.8 Å². The van der Waals surface area contributed by atoms with Crippen LogP contribution in [0, 0.1) is 5.82 Å². The third kappa shape index (κ3) is 5.00. The Kier molecular flexibility index (Phi) is 7.91. The summed E-state index contributed by atoms with van der Waals surface area (Å²) in [5.41, 5.74) is 0.931. The molecule has 1 aromatic rings. The highest BCUT2D eigenvalue weighted by atomic mass is 19.1. The van der Waals surface area contributed by atoms with Crippen LogP contribution in [0.25, 0.3) is 0 Å². The molecule has 2 rings (SSSR count). The quantitative estimate of drug-likeness (QED) is 0.838. The second-order valence-electron chi connectivity index (χ2n) is 5.44. The Balaban J connectivity index is 0.00000116. The van der Waals surface area contributed by atoms with Crippen molar-refractivity contribution in [1.29, 1.82) is 0 Å². The van der Waals surface area contributed by atoms with Gasteiger partial charge in [0.2, 0.25) is 0 Å². The summed E-state index contributed by atoms with van der Waals surface area (Å²) >= 11 is 0. The molecule has 0 aliphatic carbocycles. The minimum atomic E-state index is -0.212. The molecule has 122 valence electrons. The van der Waals surface area contributed by atoms with Gasteiger partial charge in [-0.25, -0.2) is 14.4 Å². The largest absolute Gasteiger partial charge is 0.307 e.